The van der Waals surface area contributed by atoms with Crippen LogP contribution in [0.25, 0.3) is 0 Å². The molecule has 0 radical (unpaired) electrons. The first-order valence-electron chi connectivity index (χ1n) is 4.57. The van der Waals surface area contributed by atoms with Gasteiger partial charge in [0.25, 0.3) is 5.91 Å². The lowest BCUT2D eigenvalue weighted by Crippen LogP contribution is -2.25. The monoisotopic (exact) mass is 221 g/mol. The summed E-state index contributed by atoms with van der Waals surface area (Å²) >= 11 is 1.52. The van der Waals surface area contributed by atoms with Gasteiger partial charge in [-0.2, -0.15) is 11.3 Å². The minimum Gasteiger partial charge on any atom is -0.467 e. The Morgan fingerprint density at radius 3 is 3.00 bits per heavy atom. The highest BCUT2D eigenvalue weighted by molar-refractivity contribution is 7.08. The number of rotatable bonds is 3. The summed E-state index contributed by atoms with van der Waals surface area (Å²) in [5, 5.41) is 3.74. The summed E-state index contributed by atoms with van der Waals surface area (Å²) in [7, 11) is 1.77. The number of nitrogens with zero attached hydrogens (tertiary/aromatic N) is 1. The molecule has 0 aromatic carbocycles. The third-order valence-corrected chi connectivity index (χ3v) is 2.77. The molecule has 0 spiro atoms. The van der Waals surface area contributed by atoms with Crippen molar-refractivity contribution in [2.45, 2.75) is 6.54 Å². The van der Waals surface area contributed by atoms with Crippen LogP contribution in [0.2, 0.25) is 0 Å². The Morgan fingerprint density at radius 1 is 1.53 bits per heavy atom. The van der Waals surface area contributed by atoms with E-state index in [1.54, 1.807) is 18.2 Å². The van der Waals surface area contributed by atoms with Gasteiger partial charge in [-0.1, -0.05) is 0 Å². The summed E-state index contributed by atoms with van der Waals surface area (Å²) < 4.78 is 5.18. The van der Waals surface area contributed by atoms with E-state index in [1.165, 1.54) is 11.3 Å². The van der Waals surface area contributed by atoms with Crippen molar-refractivity contribution in [2.75, 3.05) is 7.05 Å². The highest BCUT2D eigenvalue weighted by Gasteiger charge is 2.12. The number of furan rings is 1. The summed E-state index contributed by atoms with van der Waals surface area (Å²) in [6.45, 7) is 0.502. The maximum Gasteiger partial charge on any atom is 0.254 e. The van der Waals surface area contributed by atoms with E-state index >= 15 is 0 Å². The molecule has 0 N–H and O–H groups in total. The Labute approximate surface area is 91.9 Å². The summed E-state index contributed by atoms with van der Waals surface area (Å²) in [5.41, 5.74) is 0.731. The molecule has 0 unspecified atom stereocenters. The Kier molecular flexibility index (Phi) is 2.87. The van der Waals surface area contributed by atoms with Gasteiger partial charge in [0.15, 0.2) is 0 Å². The van der Waals surface area contributed by atoms with Crippen LogP contribution in [0.5, 0.6) is 0 Å². The third kappa shape index (κ3) is 2.27. The zero-order chi connectivity index (χ0) is 10.7. The smallest absolute Gasteiger partial charge is 0.254 e. The Hall–Kier alpha value is -1.55. The van der Waals surface area contributed by atoms with Gasteiger partial charge in [-0.25, -0.2) is 0 Å². The molecule has 2 aromatic heterocycles. The van der Waals surface area contributed by atoms with Gasteiger partial charge < -0.3 is 9.32 Å². The average Bonchev–Trinajstić information content (AvgIpc) is 2.88. The zero-order valence-electron chi connectivity index (χ0n) is 8.34. The van der Waals surface area contributed by atoms with Gasteiger partial charge in [0, 0.05) is 12.4 Å². The van der Waals surface area contributed by atoms with Crippen LogP contribution in [0.1, 0.15) is 16.1 Å². The van der Waals surface area contributed by atoms with Crippen molar-refractivity contribution in [2.24, 2.45) is 0 Å². The lowest BCUT2D eigenvalue weighted by molar-refractivity contribution is 0.0776. The second kappa shape index (κ2) is 4.31. The first-order valence-corrected chi connectivity index (χ1v) is 5.51. The van der Waals surface area contributed by atoms with Crippen LogP contribution in [-0.2, 0) is 6.54 Å². The zero-order valence-corrected chi connectivity index (χ0v) is 9.16. The number of amides is 1. The molecule has 4 heteroatoms. The molecule has 2 rings (SSSR count). The van der Waals surface area contributed by atoms with Crippen LogP contribution in [-0.4, -0.2) is 17.9 Å². The standard InChI is InChI=1S/C11H11NO2S/c1-12(7-10-3-2-5-14-10)11(13)9-4-6-15-8-9/h2-6,8H,7H2,1H3. The molecular weight excluding hydrogens is 210 g/mol. The maximum atomic E-state index is 11.8. The van der Waals surface area contributed by atoms with Gasteiger partial charge >= 0.3 is 0 Å². The van der Waals surface area contributed by atoms with E-state index in [1.807, 2.05) is 29.0 Å². The number of hydrogen-bond acceptors (Lipinski definition) is 3. The number of carbonyl (C=O) groups is 1. The molecule has 0 bridgehead atoms. The summed E-state index contributed by atoms with van der Waals surface area (Å²) in [4.78, 5) is 13.5. The van der Waals surface area contributed by atoms with Crippen LogP contribution in [0.4, 0.5) is 0 Å². The van der Waals surface area contributed by atoms with Gasteiger partial charge in [0.1, 0.15) is 5.76 Å². The lowest BCUT2D eigenvalue weighted by atomic mass is 10.3. The second-order valence-corrected chi connectivity index (χ2v) is 4.03. The quantitative estimate of drug-likeness (QED) is 0.798. The Morgan fingerprint density at radius 2 is 2.40 bits per heavy atom. The minimum absolute atomic E-state index is 0.0210. The molecule has 1 amide bonds. The van der Waals surface area contributed by atoms with Crippen molar-refractivity contribution in [3.8, 4) is 0 Å². The predicted octanol–water partition coefficient (Wildman–Crippen LogP) is 2.61. The summed E-state index contributed by atoms with van der Waals surface area (Å²) in [6.07, 6.45) is 1.61. The number of carbonyl (C=O) groups excluding carboxylic acids is 1. The van der Waals surface area contributed by atoms with Crippen LogP contribution < -0.4 is 0 Å². The fourth-order valence-corrected chi connectivity index (χ4v) is 1.94. The molecule has 0 aliphatic heterocycles. The highest BCUT2D eigenvalue weighted by atomic mass is 32.1. The van der Waals surface area contributed by atoms with Crippen molar-refractivity contribution in [3.05, 3.63) is 46.5 Å². The SMILES string of the molecule is CN(Cc1ccco1)C(=O)c1ccsc1. The second-order valence-electron chi connectivity index (χ2n) is 3.25. The molecule has 2 heterocycles. The summed E-state index contributed by atoms with van der Waals surface area (Å²) in [6, 6.07) is 5.50. The predicted molar refractivity (Wildman–Crippen MR) is 58.8 cm³/mol. The fourth-order valence-electron chi connectivity index (χ4n) is 1.31. The molecule has 0 saturated heterocycles. The molecule has 2 aromatic rings. The van der Waals surface area contributed by atoms with E-state index in [0.717, 1.165) is 11.3 Å². The normalized spacial score (nSPS) is 10.2. The van der Waals surface area contributed by atoms with Crippen LogP contribution in [0.15, 0.2) is 39.6 Å². The molecule has 0 saturated carbocycles. The fraction of sp³-hybridized carbons (Fsp3) is 0.182. The van der Waals surface area contributed by atoms with Crippen molar-refractivity contribution in [1.29, 1.82) is 0 Å². The van der Waals surface area contributed by atoms with E-state index in [2.05, 4.69) is 0 Å². The van der Waals surface area contributed by atoms with Crippen molar-refractivity contribution in [1.82, 2.24) is 4.90 Å². The largest absolute Gasteiger partial charge is 0.467 e. The van der Waals surface area contributed by atoms with E-state index in [0.29, 0.717) is 6.54 Å². The molecular formula is C11H11NO2S. The average molecular weight is 221 g/mol. The van der Waals surface area contributed by atoms with Gasteiger partial charge in [0.2, 0.25) is 0 Å². The molecule has 0 aliphatic rings. The van der Waals surface area contributed by atoms with Crippen molar-refractivity contribution < 1.29 is 9.21 Å². The first kappa shape index (κ1) is 9.98. The molecule has 3 nitrogen and oxygen atoms in total. The van der Waals surface area contributed by atoms with E-state index < -0.39 is 0 Å². The van der Waals surface area contributed by atoms with Crippen LogP contribution in [0, 0.1) is 0 Å². The van der Waals surface area contributed by atoms with E-state index in [9.17, 15) is 4.79 Å². The minimum atomic E-state index is 0.0210. The van der Waals surface area contributed by atoms with Crippen molar-refractivity contribution in [3.63, 3.8) is 0 Å². The van der Waals surface area contributed by atoms with E-state index in [4.69, 9.17) is 4.42 Å². The third-order valence-electron chi connectivity index (χ3n) is 2.09. The topological polar surface area (TPSA) is 33.5 Å². The maximum absolute atomic E-state index is 11.8. The van der Waals surface area contributed by atoms with E-state index in [-0.39, 0.29) is 5.91 Å². The Balaban J connectivity index is 2.03. The Bertz CT molecular complexity index is 419. The highest BCUT2D eigenvalue weighted by Crippen LogP contribution is 2.11. The van der Waals surface area contributed by atoms with Crippen molar-refractivity contribution >= 4 is 17.2 Å². The molecule has 0 aliphatic carbocycles. The lowest BCUT2D eigenvalue weighted by Gasteiger charge is -2.14. The van der Waals surface area contributed by atoms with Gasteiger partial charge in [-0.3, -0.25) is 4.79 Å². The summed E-state index contributed by atoms with van der Waals surface area (Å²) in [5.74, 6) is 0.814. The molecule has 0 fully saturated rings. The number of hydrogen-bond donors (Lipinski definition) is 0. The molecule has 0 atom stereocenters. The van der Waals surface area contributed by atoms with Crippen LogP contribution in [0.3, 0.4) is 0 Å². The molecule has 78 valence electrons. The number of thiophene rings is 1. The van der Waals surface area contributed by atoms with Gasteiger partial charge in [0.05, 0.1) is 18.4 Å². The first-order chi connectivity index (χ1) is 7.27. The molecule has 15 heavy (non-hydrogen) atoms. The van der Waals surface area contributed by atoms with Gasteiger partial charge in [-0.15, -0.1) is 0 Å². The van der Waals surface area contributed by atoms with Crippen LogP contribution >= 0.6 is 11.3 Å². The van der Waals surface area contributed by atoms with Gasteiger partial charge in [-0.05, 0) is 23.6 Å².